The van der Waals surface area contributed by atoms with Crippen LogP contribution in [0, 0.1) is 0 Å². The number of sulfonamides is 1. The van der Waals surface area contributed by atoms with Crippen molar-refractivity contribution in [3.8, 4) is 0 Å². The van der Waals surface area contributed by atoms with Gasteiger partial charge in [-0.3, -0.25) is 0 Å². The van der Waals surface area contributed by atoms with Gasteiger partial charge < -0.3 is 5.32 Å². The van der Waals surface area contributed by atoms with E-state index in [-0.39, 0.29) is 11.8 Å². The first-order valence-corrected chi connectivity index (χ1v) is 9.75. The van der Waals surface area contributed by atoms with E-state index in [9.17, 15) is 8.42 Å². The lowest BCUT2D eigenvalue weighted by Crippen LogP contribution is -2.29. The van der Waals surface area contributed by atoms with Gasteiger partial charge in [-0.1, -0.05) is 18.5 Å². The second-order valence-corrected chi connectivity index (χ2v) is 8.38. The van der Waals surface area contributed by atoms with Crippen LogP contribution in [0.5, 0.6) is 0 Å². The molecule has 20 heavy (non-hydrogen) atoms. The van der Waals surface area contributed by atoms with Gasteiger partial charge in [0.05, 0.1) is 16.1 Å². The van der Waals surface area contributed by atoms with E-state index in [2.05, 4.69) is 17.0 Å². The lowest BCUT2D eigenvalue weighted by Gasteiger charge is -2.12. The summed E-state index contributed by atoms with van der Waals surface area (Å²) in [6, 6.07) is 3.41. The molecule has 0 aliphatic carbocycles. The number of hydrogen-bond donors (Lipinski definition) is 2. The minimum absolute atomic E-state index is 0.171. The predicted molar refractivity (Wildman–Crippen MR) is 87.1 cm³/mol. The van der Waals surface area contributed by atoms with Gasteiger partial charge in [0.1, 0.15) is 0 Å². The number of hydrogen-bond acceptors (Lipinski definition) is 4. The molecule has 7 heteroatoms. The largest absolute Gasteiger partial charge is 0.317 e. The van der Waals surface area contributed by atoms with Gasteiger partial charge in [0.2, 0.25) is 10.0 Å². The zero-order chi connectivity index (χ0) is 15.0. The molecule has 2 N–H and O–H groups in total. The smallest absolute Gasteiger partial charge is 0.212 e. The third-order valence-corrected chi connectivity index (χ3v) is 5.77. The Hall–Kier alpha value is -0.140. The number of halogens is 1. The molecular formula is C13H23ClN2O2S2. The third-order valence-electron chi connectivity index (χ3n) is 2.82. The fraction of sp³-hybridized carbons (Fsp3) is 0.692. The van der Waals surface area contributed by atoms with Crippen LogP contribution in [0.25, 0.3) is 0 Å². The van der Waals surface area contributed by atoms with E-state index in [0.717, 1.165) is 30.8 Å². The highest BCUT2D eigenvalue weighted by Crippen LogP contribution is 2.27. The maximum atomic E-state index is 12.0. The van der Waals surface area contributed by atoms with Crippen LogP contribution in [0.4, 0.5) is 0 Å². The molecule has 1 heterocycles. The Bertz CT molecular complexity index is 488. The Balaban J connectivity index is 2.30. The zero-order valence-electron chi connectivity index (χ0n) is 12.0. The lowest BCUT2D eigenvalue weighted by atomic mass is 10.3. The van der Waals surface area contributed by atoms with Crippen LogP contribution in [0.15, 0.2) is 12.1 Å². The average Bonchev–Trinajstić information content (AvgIpc) is 2.80. The third kappa shape index (κ3) is 7.04. The molecule has 1 unspecified atom stereocenters. The van der Waals surface area contributed by atoms with Crippen LogP contribution in [-0.2, 0) is 10.0 Å². The minimum atomic E-state index is -3.23. The van der Waals surface area contributed by atoms with Crippen molar-refractivity contribution in [2.75, 3.05) is 18.8 Å². The molecule has 0 radical (unpaired) electrons. The fourth-order valence-corrected chi connectivity index (χ4v) is 4.30. The van der Waals surface area contributed by atoms with Crippen LogP contribution in [0.3, 0.4) is 0 Å². The Kier molecular flexibility index (Phi) is 8.06. The van der Waals surface area contributed by atoms with Crippen LogP contribution in [0.2, 0.25) is 4.34 Å². The molecule has 1 aromatic rings. The molecule has 116 valence electrons. The first kappa shape index (κ1) is 17.9. The van der Waals surface area contributed by atoms with Crippen LogP contribution in [0.1, 0.15) is 44.0 Å². The molecule has 0 aliphatic rings. The number of nitrogens with one attached hydrogen (secondary N) is 2. The van der Waals surface area contributed by atoms with E-state index in [0.29, 0.717) is 10.8 Å². The van der Waals surface area contributed by atoms with E-state index in [1.807, 2.05) is 13.0 Å². The number of thiophene rings is 1. The predicted octanol–water partition coefficient (Wildman–Crippen LogP) is 3.16. The van der Waals surface area contributed by atoms with E-state index in [1.165, 1.54) is 11.3 Å². The van der Waals surface area contributed by atoms with E-state index in [1.54, 1.807) is 6.07 Å². The van der Waals surface area contributed by atoms with Gasteiger partial charge in [-0.05, 0) is 51.4 Å². The van der Waals surface area contributed by atoms with Crippen LogP contribution in [-0.4, -0.2) is 27.3 Å². The van der Waals surface area contributed by atoms with E-state index < -0.39 is 10.0 Å². The summed E-state index contributed by atoms with van der Waals surface area (Å²) >= 11 is 7.26. The van der Waals surface area contributed by atoms with Crippen molar-refractivity contribution in [1.29, 1.82) is 0 Å². The highest BCUT2D eigenvalue weighted by Gasteiger charge is 2.16. The first-order valence-electron chi connectivity index (χ1n) is 6.90. The summed E-state index contributed by atoms with van der Waals surface area (Å²) in [6.07, 6.45) is 2.64. The minimum Gasteiger partial charge on any atom is -0.317 e. The summed E-state index contributed by atoms with van der Waals surface area (Å²) in [5.74, 6) is 0.171. The van der Waals surface area contributed by atoms with Crippen LogP contribution >= 0.6 is 22.9 Å². The quantitative estimate of drug-likeness (QED) is 0.644. The van der Waals surface area contributed by atoms with Gasteiger partial charge in [0, 0.05) is 4.88 Å². The second kappa shape index (κ2) is 9.00. The normalized spacial score (nSPS) is 13.6. The topological polar surface area (TPSA) is 58.2 Å². The standard InChI is InChI=1S/C13H23ClN2O2S2/c1-3-8-15-9-4-5-10-20(17,18)16-11(2)12-6-7-13(14)19-12/h6-7,11,15-16H,3-5,8-10H2,1-2H3. The van der Waals surface area contributed by atoms with Gasteiger partial charge >= 0.3 is 0 Å². The van der Waals surface area contributed by atoms with Gasteiger partial charge in [0.15, 0.2) is 0 Å². The van der Waals surface area contributed by atoms with Gasteiger partial charge in [0.25, 0.3) is 0 Å². The van der Waals surface area contributed by atoms with Crippen molar-refractivity contribution < 1.29 is 8.42 Å². The van der Waals surface area contributed by atoms with Gasteiger partial charge in [-0.25, -0.2) is 13.1 Å². The molecule has 0 aromatic carbocycles. The molecule has 0 fully saturated rings. The first-order chi connectivity index (χ1) is 9.44. The van der Waals surface area contributed by atoms with Crippen molar-refractivity contribution in [3.05, 3.63) is 21.3 Å². The van der Waals surface area contributed by atoms with Crippen molar-refractivity contribution in [3.63, 3.8) is 0 Å². The van der Waals surface area contributed by atoms with Crippen LogP contribution < -0.4 is 10.0 Å². The van der Waals surface area contributed by atoms with Gasteiger partial charge in [-0.2, -0.15) is 0 Å². The lowest BCUT2D eigenvalue weighted by molar-refractivity contribution is 0.561. The molecule has 0 bridgehead atoms. The Morgan fingerprint density at radius 1 is 1.30 bits per heavy atom. The Labute approximate surface area is 131 Å². The summed E-state index contributed by atoms with van der Waals surface area (Å²) < 4.78 is 27.3. The zero-order valence-corrected chi connectivity index (χ0v) is 14.4. The average molecular weight is 339 g/mol. The maximum Gasteiger partial charge on any atom is 0.212 e. The molecule has 0 spiro atoms. The molecule has 0 saturated heterocycles. The number of rotatable bonds is 10. The Morgan fingerprint density at radius 3 is 2.65 bits per heavy atom. The molecule has 1 aromatic heterocycles. The maximum absolute atomic E-state index is 12.0. The molecule has 4 nitrogen and oxygen atoms in total. The van der Waals surface area contributed by atoms with E-state index in [4.69, 9.17) is 11.6 Å². The van der Waals surface area contributed by atoms with Crippen molar-refractivity contribution >= 4 is 33.0 Å². The monoisotopic (exact) mass is 338 g/mol. The fourth-order valence-electron chi connectivity index (χ4n) is 1.79. The molecule has 1 atom stereocenters. The second-order valence-electron chi connectivity index (χ2n) is 4.76. The summed E-state index contributed by atoms with van der Waals surface area (Å²) in [7, 11) is -3.23. The summed E-state index contributed by atoms with van der Waals surface area (Å²) in [5.41, 5.74) is 0. The van der Waals surface area contributed by atoms with Crippen molar-refractivity contribution in [2.45, 2.75) is 39.2 Å². The summed E-state index contributed by atoms with van der Waals surface area (Å²) in [5, 5.41) is 3.26. The molecular weight excluding hydrogens is 316 g/mol. The van der Waals surface area contributed by atoms with Crippen molar-refractivity contribution in [2.24, 2.45) is 0 Å². The van der Waals surface area contributed by atoms with Gasteiger partial charge in [-0.15, -0.1) is 11.3 Å². The molecule has 0 saturated carbocycles. The summed E-state index contributed by atoms with van der Waals surface area (Å²) in [6.45, 7) is 5.81. The highest BCUT2D eigenvalue weighted by molar-refractivity contribution is 7.89. The summed E-state index contributed by atoms with van der Waals surface area (Å²) in [4.78, 5) is 0.934. The SMILES string of the molecule is CCCNCCCCS(=O)(=O)NC(C)c1ccc(Cl)s1. The van der Waals surface area contributed by atoms with E-state index >= 15 is 0 Å². The molecule has 0 aliphatic heterocycles. The number of unbranched alkanes of at least 4 members (excludes halogenated alkanes) is 1. The highest BCUT2D eigenvalue weighted by atomic mass is 35.5. The molecule has 0 amide bonds. The molecule has 1 rings (SSSR count). The van der Waals surface area contributed by atoms with Crippen molar-refractivity contribution in [1.82, 2.24) is 10.0 Å². The Morgan fingerprint density at radius 2 is 2.05 bits per heavy atom.